The Morgan fingerprint density at radius 3 is 2.62 bits per heavy atom. The highest BCUT2D eigenvalue weighted by molar-refractivity contribution is 6.11. The fourth-order valence-corrected chi connectivity index (χ4v) is 2.17. The topological polar surface area (TPSA) is 68.1 Å². The first-order valence-corrected chi connectivity index (χ1v) is 7.28. The molecule has 0 spiro atoms. The summed E-state index contributed by atoms with van der Waals surface area (Å²) in [5, 5.41) is 9.59. The molecule has 1 aliphatic heterocycles. The number of aromatic hydroxyl groups is 1. The maximum atomic E-state index is 11.9. The Hall–Kier alpha value is -3.34. The first-order chi connectivity index (χ1) is 11.7. The molecule has 1 aliphatic rings. The van der Waals surface area contributed by atoms with Crippen LogP contribution in [0.25, 0.3) is 12.2 Å². The number of methoxy groups -OCH3 is 1. The number of phenols is 1. The summed E-state index contributed by atoms with van der Waals surface area (Å²) in [5.41, 5.74) is 1.85. The number of hydrogen-bond donors (Lipinski definition) is 1. The second-order valence-electron chi connectivity index (χ2n) is 5.04. The average Bonchev–Trinajstić information content (AvgIpc) is 2.95. The van der Waals surface area contributed by atoms with Crippen molar-refractivity contribution in [3.8, 4) is 11.5 Å². The van der Waals surface area contributed by atoms with Crippen LogP contribution in [0.2, 0.25) is 0 Å². The van der Waals surface area contributed by atoms with Crippen LogP contribution in [0.15, 0.2) is 65.3 Å². The fraction of sp³-hybridized carbons (Fsp3) is 0.0526. The Kier molecular flexibility index (Phi) is 4.43. The van der Waals surface area contributed by atoms with Crippen molar-refractivity contribution >= 4 is 24.0 Å². The monoisotopic (exact) mass is 321 g/mol. The molecule has 0 bridgehead atoms. The lowest BCUT2D eigenvalue weighted by Crippen LogP contribution is -2.01. The summed E-state index contributed by atoms with van der Waals surface area (Å²) >= 11 is 0. The third-order valence-electron chi connectivity index (χ3n) is 3.36. The van der Waals surface area contributed by atoms with Crippen molar-refractivity contribution in [2.45, 2.75) is 0 Å². The quantitative estimate of drug-likeness (QED) is 0.692. The smallest absolute Gasteiger partial charge is 0.363 e. The molecule has 0 aromatic heterocycles. The van der Waals surface area contributed by atoms with E-state index >= 15 is 0 Å². The zero-order valence-corrected chi connectivity index (χ0v) is 13.0. The molecule has 1 heterocycles. The number of carbonyl (C=O) groups is 1. The largest absolute Gasteiger partial charge is 0.504 e. The van der Waals surface area contributed by atoms with Gasteiger partial charge >= 0.3 is 5.97 Å². The van der Waals surface area contributed by atoms with Crippen LogP contribution in [-0.4, -0.2) is 24.1 Å². The predicted octanol–water partition coefficient (Wildman–Crippen LogP) is 3.41. The number of phenolic OH excluding ortho intramolecular Hbond substituents is 1. The van der Waals surface area contributed by atoms with Gasteiger partial charge in [0.05, 0.1) is 7.11 Å². The normalized spacial score (nSPS) is 15.6. The van der Waals surface area contributed by atoms with Gasteiger partial charge in [0.1, 0.15) is 0 Å². The zero-order chi connectivity index (χ0) is 16.9. The van der Waals surface area contributed by atoms with E-state index < -0.39 is 5.97 Å². The van der Waals surface area contributed by atoms with E-state index in [1.807, 2.05) is 36.4 Å². The number of hydrogen-bond acceptors (Lipinski definition) is 5. The number of cyclic esters (lactones) is 1. The summed E-state index contributed by atoms with van der Waals surface area (Å²) in [6, 6.07) is 14.4. The van der Waals surface area contributed by atoms with Crippen LogP contribution in [-0.2, 0) is 9.53 Å². The number of carbonyl (C=O) groups excluding carboxylic acids is 1. The van der Waals surface area contributed by atoms with Crippen molar-refractivity contribution in [2.75, 3.05) is 7.11 Å². The third kappa shape index (κ3) is 3.52. The maximum Gasteiger partial charge on any atom is 0.363 e. The molecule has 1 N–H and O–H groups in total. The number of ether oxygens (including phenoxy) is 2. The lowest BCUT2D eigenvalue weighted by atomic mass is 10.1. The molecule has 2 aromatic carbocycles. The second-order valence-corrected chi connectivity index (χ2v) is 5.04. The van der Waals surface area contributed by atoms with E-state index in [1.54, 1.807) is 24.3 Å². The molecular formula is C19H15NO4. The van der Waals surface area contributed by atoms with Gasteiger partial charge in [0, 0.05) is 6.08 Å². The molecule has 120 valence electrons. The summed E-state index contributed by atoms with van der Waals surface area (Å²) in [5.74, 6) is 0.0723. The molecule has 5 heteroatoms. The summed E-state index contributed by atoms with van der Waals surface area (Å²) in [4.78, 5) is 16.1. The Morgan fingerprint density at radius 1 is 1.08 bits per heavy atom. The Morgan fingerprint density at radius 2 is 1.88 bits per heavy atom. The predicted molar refractivity (Wildman–Crippen MR) is 91.6 cm³/mol. The average molecular weight is 321 g/mol. The lowest BCUT2D eigenvalue weighted by molar-refractivity contribution is -0.129. The van der Waals surface area contributed by atoms with Gasteiger partial charge in [0.2, 0.25) is 5.90 Å². The van der Waals surface area contributed by atoms with Crippen molar-refractivity contribution < 1.29 is 19.4 Å². The maximum absolute atomic E-state index is 11.9. The van der Waals surface area contributed by atoms with Gasteiger partial charge in [-0.3, -0.25) is 0 Å². The summed E-state index contributed by atoms with van der Waals surface area (Å²) < 4.78 is 10.2. The van der Waals surface area contributed by atoms with Crippen molar-refractivity contribution in [2.24, 2.45) is 4.99 Å². The SMILES string of the molecule is COc1cc(/C=C2N=C(/C=C/c3ccccc3)OC/2=O)ccc1O. The standard InChI is InChI=1S/C19H15NO4/c1-23-17-12-14(7-9-16(17)21)11-15-19(22)24-18(20-15)10-8-13-5-3-2-4-6-13/h2-12,21H,1H3/b10-8+,15-11+. The van der Waals surface area contributed by atoms with Crippen LogP contribution in [0.4, 0.5) is 0 Å². The van der Waals surface area contributed by atoms with E-state index in [0.29, 0.717) is 11.3 Å². The minimum atomic E-state index is -0.519. The van der Waals surface area contributed by atoms with Gasteiger partial charge in [0.25, 0.3) is 0 Å². The lowest BCUT2D eigenvalue weighted by Gasteiger charge is -2.03. The van der Waals surface area contributed by atoms with Gasteiger partial charge in [-0.25, -0.2) is 9.79 Å². The molecule has 0 radical (unpaired) electrons. The van der Waals surface area contributed by atoms with Gasteiger partial charge in [0.15, 0.2) is 17.2 Å². The number of benzene rings is 2. The van der Waals surface area contributed by atoms with E-state index in [0.717, 1.165) is 5.56 Å². The van der Waals surface area contributed by atoms with Gasteiger partial charge in [-0.15, -0.1) is 0 Å². The van der Waals surface area contributed by atoms with E-state index in [1.165, 1.54) is 13.2 Å². The number of nitrogens with zero attached hydrogens (tertiary/aromatic N) is 1. The van der Waals surface area contributed by atoms with E-state index in [-0.39, 0.29) is 17.3 Å². The minimum absolute atomic E-state index is 0.0311. The van der Waals surface area contributed by atoms with Gasteiger partial charge < -0.3 is 14.6 Å². The molecule has 0 aliphatic carbocycles. The molecule has 0 atom stereocenters. The first-order valence-electron chi connectivity index (χ1n) is 7.28. The van der Waals surface area contributed by atoms with Crippen LogP contribution in [0.5, 0.6) is 11.5 Å². The highest BCUT2D eigenvalue weighted by Crippen LogP contribution is 2.28. The molecule has 0 saturated carbocycles. The van der Waals surface area contributed by atoms with E-state index in [9.17, 15) is 9.90 Å². The van der Waals surface area contributed by atoms with Crippen LogP contribution >= 0.6 is 0 Å². The molecule has 0 amide bonds. The van der Waals surface area contributed by atoms with Crippen LogP contribution < -0.4 is 4.74 Å². The summed E-state index contributed by atoms with van der Waals surface area (Å²) in [6.07, 6.45) is 5.04. The van der Waals surface area contributed by atoms with Crippen molar-refractivity contribution in [3.05, 3.63) is 71.4 Å². The molecule has 24 heavy (non-hydrogen) atoms. The molecular weight excluding hydrogens is 306 g/mol. The first kappa shape index (κ1) is 15.6. The van der Waals surface area contributed by atoms with E-state index in [4.69, 9.17) is 9.47 Å². The van der Waals surface area contributed by atoms with Crippen molar-refractivity contribution in [1.29, 1.82) is 0 Å². The fourth-order valence-electron chi connectivity index (χ4n) is 2.17. The van der Waals surface area contributed by atoms with Crippen molar-refractivity contribution in [3.63, 3.8) is 0 Å². The molecule has 0 saturated heterocycles. The Labute approximate surface area is 139 Å². The van der Waals surface area contributed by atoms with E-state index in [2.05, 4.69) is 4.99 Å². The second kappa shape index (κ2) is 6.83. The van der Waals surface area contributed by atoms with Crippen LogP contribution in [0.1, 0.15) is 11.1 Å². The summed E-state index contributed by atoms with van der Waals surface area (Å²) in [7, 11) is 1.46. The Balaban J connectivity index is 1.82. The molecule has 0 unspecified atom stereocenters. The van der Waals surface area contributed by atoms with Crippen molar-refractivity contribution in [1.82, 2.24) is 0 Å². The van der Waals surface area contributed by atoms with Crippen LogP contribution in [0, 0.1) is 0 Å². The summed E-state index contributed by atoms with van der Waals surface area (Å²) in [6.45, 7) is 0. The van der Waals surface area contributed by atoms with Gasteiger partial charge in [-0.1, -0.05) is 36.4 Å². The number of aliphatic imine (C=N–C) groups is 1. The van der Waals surface area contributed by atoms with Gasteiger partial charge in [-0.2, -0.15) is 0 Å². The minimum Gasteiger partial charge on any atom is -0.504 e. The molecule has 0 fully saturated rings. The number of esters is 1. The molecule has 5 nitrogen and oxygen atoms in total. The number of rotatable bonds is 4. The van der Waals surface area contributed by atoms with Gasteiger partial charge in [-0.05, 0) is 35.4 Å². The van der Waals surface area contributed by atoms with Crippen LogP contribution in [0.3, 0.4) is 0 Å². The Bertz CT molecular complexity index is 851. The molecule has 3 rings (SSSR count). The third-order valence-corrected chi connectivity index (χ3v) is 3.36. The highest BCUT2D eigenvalue weighted by atomic mass is 16.6. The highest BCUT2D eigenvalue weighted by Gasteiger charge is 2.21. The zero-order valence-electron chi connectivity index (χ0n) is 13.0. The molecule has 2 aromatic rings.